The average molecular weight is 420 g/mol. The summed E-state index contributed by atoms with van der Waals surface area (Å²) in [6.07, 6.45) is 3.34. The van der Waals surface area contributed by atoms with Crippen molar-refractivity contribution in [3.05, 3.63) is 69.2 Å². The number of ether oxygens (including phenoxy) is 1. The second-order valence-electron chi connectivity index (χ2n) is 7.28. The number of amides is 1. The monoisotopic (exact) mass is 419 g/mol. The number of alkyl carbamates (subject to hydrolysis) is 1. The SMILES string of the molecule is CC(C)(C)OC(=O)NCC(=O)Cc1cccc(C=Cc2c(Cl)cccc2Cl)c1. The van der Waals surface area contributed by atoms with E-state index in [2.05, 4.69) is 5.32 Å². The third-order valence-corrected chi connectivity index (χ3v) is 4.28. The van der Waals surface area contributed by atoms with E-state index >= 15 is 0 Å². The fraction of sp³-hybridized carbons (Fsp3) is 0.273. The Hall–Kier alpha value is -2.30. The maximum Gasteiger partial charge on any atom is 0.408 e. The molecule has 0 spiro atoms. The number of hydrogen-bond donors (Lipinski definition) is 1. The Morgan fingerprint density at radius 1 is 1.04 bits per heavy atom. The van der Waals surface area contributed by atoms with Crippen molar-refractivity contribution in [3.8, 4) is 0 Å². The van der Waals surface area contributed by atoms with Crippen LogP contribution in [0.1, 0.15) is 37.5 Å². The number of carbonyl (C=O) groups excluding carboxylic acids is 2. The van der Waals surface area contributed by atoms with E-state index in [4.69, 9.17) is 27.9 Å². The van der Waals surface area contributed by atoms with Crippen LogP contribution in [0.2, 0.25) is 10.0 Å². The Morgan fingerprint density at radius 2 is 1.68 bits per heavy atom. The van der Waals surface area contributed by atoms with Crippen LogP contribution in [0.3, 0.4) is 0 Å². The number of nitrogens with one attached hydrogen (secondary N) is 1. The maximum absolute atomic E-state index is 12.1. The van der Waals surface area contributed by atoms with Gasteiger partial charge in [0.25, 0.3) is 0 Å². The fourth-order valence-corrected chi connectivity index (χ4v) is 2.95. The molecule has 0 fully saturated rings. The van der Waals surface area contributed by atoms with Crippen LogP contribution in [0.15, 0.2) is 42.5 Å². The lowest BCUT2D eigenvalue weighted by Crippen LogP contribution is -2.35. The lowest BCUT2D eigenvalue weighted by Gasteiger charge is -2.19. The molecular formula is C22H23Cl2NO3. The molecule has 0 aliphatic heterocycles. The van der Waals surface area contributed by atoms with Gasteiger partial charge in [-0.05, 0) is 44.0 Å². The minimum atomic E-state index is -0.603. The highest BCUT2D eigenvalue weighted by Gasteiger charge is 2.16. The molecule has 0 aromatic heterocycles. The van der Waals surface area contributed by atoms with E-state index in [1.165, 1.54) is 0 Å². The molecule has 1 amide bonds. The van der Waals surface area contributed by atoms with Gasteiger partial charge in [-0.3, -0.25) is 4.79 Å². The molecular weight excluding hydrogens is 397 g/mol. The molecule has 1 N–H and O–H groups in total. The summed E-state index contributed by atoms with van der Waals surface area (Å²) in [6, 6.07) is 12.9. The Labute approximate surface area is 175 Å². The molecule has 6 heteroatoms. The molecule has 0 atom stereocenters. The second-order valence-corrected chi connectivity index (χ2v) is 8.10. The number of carbonyl (C=O) groups is 2. The highest BCUT2D eigenvalue weighted by atomic mass is 35.5. The van der Waals surface area contributed by atoms with Crippen molar-refractivity contribution in [2.75, 3.05) is 6.54 Å². The third kappa shape index (κ3) is 7.37. The minimum Gasteiger partial charge on any atom is -0.444 e. The number of halogens is 2. The molecule has 0 unspecified atom stereocenters. The summed E-state index contributed by atoms with van der Waals surface area (Å²) in [5.74, 6) is -0.110. The fourth-order valence-electron chi connectivity index (χ4n) is 2.43. The lowest BCUT2D eigenvalue weighted by molar-refractivity contribution is -0.117. The van der Waals surface area contributed by atoms with E-state index in [0.717, 1.165) is 16.7 Å². The Kier molecular flexibility index (Phi) is 7.67. The predicted octanol–water partition coefficient (Wildman–Crippen LogP) is 5.80. The number of benzene rings is 2. The van der Waals surface area contributed by atoms with Gasteiger partial charge in [-0.25, -0.2) is 4.79 Å². The van der Waals surface area contributed by atoms with Crippen LogP contribution in [0, 0.1) is 0 Å². The molecule has 0 aliphatic carbocycles. The van der Waals surface area contributed by atoms with E-state index in [9.17, 15) is 9.59 Å². The van der Waals surface area contributed by atoms with Gasteiger partial charge in [0.2, 0.25) is 0 Å². The van der Waals surface area contributed by atoms with Crippen LogP contribution >= 0.6 is 23.2 Å². The summed E-state index contributed by atoms with van der Waals surface area (Å²) in [6.45, 7) is 5.22. The number of hydrogen-bond acceptors (Lipinski definition) is 3. The van der Waals surface area contributed by atoms with Crippen molar-refractivity contribution < 1.29 is 14.3 Å². The first-order valence-electron chi connectivity index (χ1n) is 8.83. The molecule has 4 nitrogen and oxygen atoms in total. The first-order valence-corrected chi connectivity index (χ1v) is 9.59. The van der Waals surface area contributed by atoms with Crippen molar-refractivity contribution in [2.24, 2.45) is 0 Å². The van der Waals surface area contributed by atoms with Gasteiger partial charge in [0.05, 0.1) is 6.54 Å². The zero-order valence-electron chi connectivity index (χ0n) is 16.1. The van der Waals surface area contributed by atoms with Gasteiger partial charge >= 0.3 is 6.09 Å². The highest BCUT2D eigenvalue weighted by molar-refractivity contribution is 6.37. The molecule has 0 saturated carbocycles. The van der Waals surface area contributed by atoms with Gasteiger partial charge in [0.15, 0.2) is 5.78 Å². The van der Waals surface area contributed by atoms with E-state index in [1.54, 1.807) is 39.0 Å². The molecule has 0 bridgehead atoms. The van der Waals surface area contributed by atoms with Gasteiger partial charge < -0.3 is 10.1 Å². The van der Waals surface area contributed by atoms with Crippen LogP contribution < -0.4 is 5.32 Å². The zero-order chi connectivity index (χ0) is 20.7. The van der Waals surface area contributed by atoms with Crippen LogP contribution in [0.4, 0.5) is 4.79 Å². The van der Waals surface area contributed by atoms with Crippen LogP contribution in [-0.2, 0) is 16.0 Å². The topological polar surface area (TPSA) is 55.4 Å². The summed E-state index contributed by atoms with van der Waals surface area (Å²) >= 11 is 12.3. The van der Waals surface area contributed by atoms with Crippen LogP contribution in [0.25, 0.3) is 12.2 Å². The average Bonchev–Trinajstić information content (AvgIpc) is 2.58. The van der Waals surface area contributed by atoms with Crippen molar-refractivity contribution in [1.29, 1.82) is 0 Å². The summed E-state index contributed by atoms with van der Waals surface area (Å²) in [4.78, 5) is 23.8. The quantitative estimate of drug-likeness (QED) is 0.601. The van der Waals surface area contributed by atoms with Crippen molar-refractivity contribution in [1.82, 2.24) is 5.32 Å². The molecule has 28 heavy (non-hydrogen) atoms. The van der Waals surface area contributed by atoms with Crippen LogP contribution in [-0.4, -0.2) is 24.0 Å². The second kappa shape index (κ2) is 9.76. The molecule has 148 valence electrons. The first-order chi connectivity index (χ1) is 13.1. The maximum atomic E-state index is 12.1. The summed E-state index contributed by atoms with van der Waals surface area (Å²) in [7, 11) is 0. The van der Waals surface area contributed by atoms with E-state index < -0.39 is 11.7 Å². The first kappa shape index (κ1) is 22.0. The summed E-state index contributed by atoms with van der Waals surface area (Å²) in [5.41, 5.74) is 1.91. The molecule has 2 aromatic rings. The van der Waals surface area contributed by atoms with Crippen LogP contribution in [0.5, 0.6) is 0 Å². The Morgan fingerprint density at radius 3 is 2.32 bits per heavy atom. The lowest BCUT2D eigenvalue weighted by atomic mass is 10.0. The number of Topliss-reactive ketones (excluding diaryl/α,β-unsaturated/α-hetero) is 1. The normalized spacial score (nSPS) is 11.5. The van der Waals surface area contributed by atoms with Gasteiger partial charge in [0.1, 0.15) is 5.60 Å². The molecule has 0 saturated heterocycles. The van der Waals surface area contributed by atoms with Gasteiger partial charge in [-0.15, -0.1) is 0 Å². The third-order valence-electron chi connectivity index (χ3n) is 3.62. The summed E-state index contributed by atoms with van der Waals surface area (Å²) in [5, 5.41) is 3.62. The van der Waals surface area contributed by atoms with E-state index in [0.29, 0.717) is 10.0 Å². The molecule has 2 rings (SSSR count). The minimum absolute atomic E-state index is 0.0792. The summed E-state index contributed by atoms with van der Waals surface area (Å²) < 4.78 is 5.12. The van der Waals surface area contributed by atoms with Gasteiger partial charge in [-0.1, -0.05) is 65.7 Å². The molecule has 0 radical (unpaired) electrons. The largest absolute Gasteiger partial charge is 0.444 e. The van der Waals surface area contributed by atoms with Crippen molar-refractivity contribution in [3.63, 3.8) is 0 Å². The number of rotatable bonds is 6. The Bertz CT molecular complexity index is 865. The van der Waals surface area contributed by atoms with Gasteiger partial charge in [-0.2, -0.15) is 0 Å². The molecule has 2 aromatic carbocycles. The standard InChI is InChI=1S/C22H23Cl2NO3/c1-22(2,3)28-21(27)25-14-17(26)13-16-7-4-6-15(12-16)10-11-18-19(23)8-5-9-20(18)24/h4-12H,13-14H2,1-3H3,(H,25,27). The highest BCUT2D eigenvalue weighted by Crippen LogP contribution is 2.26. The van der Waals surface area contributed by atoms with Gasteiger partial charge in [0, 0.05) is 22.0 Å². The number of ketones is 1. The smallest absolute Gasteiger partial charge is 0.408 e. The van der Waals surface area contributed by atoms with E-state index in [1.807, 2.05) is 36.4 Å². The van der Waals surface area contributed by atoms with Crippen molar-refractivity contribution >= 4 is 47.2 Å². The molecule has 0 heterocycles. The molecule has 0 aliphatic rings. The Balaban J connectivity index is 1.97. The van der Waals surface area contributed by atoms with Crippen molar-refractivity contribution in [2.45, 2.75) is 32.8 Å². The van der Waals surface area contributed by atoms with E-state index in [-0.39, 0.29) is 18.7 Å². The predicted molar refractivity (Wildman–Crippen MR) is 115 cm³/mol. The zero-order valence-corrected chi connectivity index (χ0v) is 17.6.